The summed E-state index contributed by atoms with van der Waals surface area (Å²) in [5, 5.41) is 12.2. The van der Waals surface area contributed by atoms with Crippen LogP contribution in [-0.4, -0.2) is 25.2 Å². The van der Waals surface area contributed by atoms with Crippen LogP contribution in [0.5, 0.6) is 0 Å². The number of nitrogen functional groups attached to an aromatic ring is 1. The molecule has 0 unspecified atom stereocenters. The molecular weight excluding hydrogens is 254 g/mol. The number of hydrogen-bond donors (Lipinski definition) is 3. The monoisotopic (exact) mass is 271 g/mol. The summed E-state index contributed by atoms with van der Waals surface area (Å²) >= 11 is 0. The van der Waals surface area contributed by atoms with Crippen molar-refractivity contribution < 1.29 is 9.90 Å². The zero-order valence-electron chi connectivity index (χ0n) is 11.4. The maximum atomic E-state index is 11.0. The zero-order chi connectivity index (χ0) is 14.7. The minimum absolute atomic E-state index is 0.200. The van der Waals surface area contributed by atoms with Crippen LogP contribution in [0.3, 0.4) is 0 Å². The molecule has 0 radical (unpaired) electrons. The van der Waals surface area contributed by atoms with Crippen LogP contribution in [0.15, 0.2) is 42.5 Å². The van der Waals surface area contributed by atoms with Crippen molar-refractivity contribution in [3.8, 4) is 0 Å². The van der Waals surface area contributed by atoms with E-state index in [1.54, 1.807) is 6.07 Å². The summed E-state index contributed by atoms with van der Waals surface area (Å²) in [7, 11) is 3.91. The van der Waals surface area contributed by atoms with E-state index in [1.807, 2.05) is 43.3 Å². The molecule has 4 N–H and O–H groups in total. The quantitative estimate of drug-likeness (QED) is 0.745. The number of benzene rings is 2. The van der Waals surface area contributed by atoms with Gasteiger partial charge in [0, 0.05) is 25.5 Å². The molecule has 0 aliphatic carbocycles. The standard InChI is InChI=1S/C15H17N3O2/c1-18(2)12-5-3-4-11(9-12)17-14-8-10(15(19)20)6-7-13(14)16/h3-9,17H,16H2,1-2H3,(H,19,20). The molecule has 0 aliphatic rings. The molecule has 0 aromatic heterocycles. The Labute approximate surface area is 117 Å². The summed E-state index contributed by atoms with van der Waals surface area (Å²) in [4.78, 5) is 13.0. The molecule has 0 saturated carbocycles. The lowest BCUT2D eigenvalue weighted by atomic mass is 10.1. The van der Waals surface area contributed by atoms with Gasteiger partial charge in [0.2, 0.25) is 0 Å². The van der Waals surface area contributed by atoms with Crippen LogP contribution < -0.4 is 16.0 Å². The number of anilines is 4. The topological polar surface area (TPSA) is 78.6 Å². The number of nitrogens with one attached hydrogen (secondary N) is 1. The van der Waals surface area contributed by atoms with E-state index in [0.29, 0.717) is 11.4 Å². The number of nitrogens with two attached hydrogens (primary N) is 1. The molecule has 0 spiro atoms. The number of rotatable bonds is 4. The number of carboxylic acid groups (broad SMARTS) is 1. The van der Waals surface area contributed by atoms with Gasteiger partial charge in [0.1, 0.15) is 0 Å². The van der Waals surface area contributed by atoms with Crippen molar-refractivity contribution in [2.24, 2.45) is 0 Å². The molecule has 20 heavy (non-hydrogen) atoms. The summed E-state index contributed by atoms with van der Waals surface area (Å²) < 4.78 is 0. The van der Waals surface area contributed by atoms with Crippen molar-refractivity contribution >= 4 is 28.7 Å². The van der Waals surface area contributed by atoms with Crippen LogP contribution in [0, 0.1) is 0 Å². The molecule has 5 nitrogen and oxygen atoms in total. The Morgan fingerprint density at radius 3 is 2.60 bits per heavy atom. The SMILES string of the molecule is CN(C)c1cccc(Nc2cc(C(=O)O)ccc2N)c1. The van der Waals surface area contributed by atoms with E-state index >= 15 is 0 Å². The van der Waals surface area contributed by atoms with Gasteiger partial charge in [-0.25, -0.2) is 4.79 Å². The molecule has 0 atom stereocenters. The molecule has 5 heteroatoms. The van der Waals surface area contributed by atoms with E-state index in [9.17, 15) is 4.79 Å². The Hall–Kier alpha value is -2.69. The van der Waals surface area contributed by atoms with Crippen LogP contribution in [0.25, 0.3) is 0 Å². The fourth-order valence-corrected chi connectivity index (χ4v) is 1.81. The van der Waals surface area contributed by atoms with E-state index < -0.39 is 5.97 Å². The number of carboxylic acids is 1. The lowest BCUT2D eigenvalue weighted by molar-refractivity contribution is 0.0697. The lowest BCUT2D eigenvalue weighted by Crippen LogP contribution is -2.08. The molecule has 2 aromatic carbocycles. The number of carbonyl (C=O) groups is 1. The highest BCUT2D eigenvalue weighted by Crippen LogP contribution is 2.26. The van der Waals surface area contributed by atoms with Gasteiger partial charge < -0.3 is 21.1 Å². The highest BCUT2D eigenvalue weighted by molar-refractivity contribution is 5.91. The van der Waals surface area contributed by atoms with Gasteiger partial charge in [0.05, 0.1) is 16.9 Å². The number of aromatic carboxylic acids is 1. The number of hydrogen-bond acceptors (Lipinski definition) is 4. The normalized spacial score (nSPS) is 10.1. The summed E-state index contributed by atoms with van der Waals surface area (Å²) in [5.74, 6) is -0.977. The van der Waals surface area contributed by atoms with E-state index in [2.05, 4.69) is 5.32 Å². The van der Waals surface area contributed by atoms with E-state index in [4.69, 9.17) is 10.8 Å². The Morgan fingerprint density at radius 1 is 1.20 bits per heavy atom. The fourth-order valence-electron chi connectivity index (χ4n) is 1.81. The first-order valence-electron chi connectivity index (χ1n) is 6.14. The van der Waals surface area contributed by atoms with Crippen LogP contribution in [0.1, 0.15) is 10.4 Å². The largest absolute Gasteiger partial charge is 0.478 e. The maximum absolute atomic E-state index is 11.0. The minimum atomic E-state index is -0.977. The second-order valence-corrected chi connectivity index (χ2v) is 4.68. The average molecular weight is 271 g/mol. The molecule has 0 fully saturated rings. The first kappa shape index (κ1) is 13.7. The van der Waals surface area contributed by atoms with Crippen molar-refractivity contribution in [2.45, 2.75) is 0 Å². The third kappa shape index (κ3) is 3.00. The molecule has 104 valence electrons. The van der Waals surface area contributed by atoms with Gasteiger partial charge in [-0.2, -0.15) is 0 Å². The molecule has 0 bridgehead atoms. The van der Waals surface area contributed by atoms with Gasteiger partial charge in [-0.3, -0.25) is 0 Å². The van der Waals surface area contributed by atoms with E-state index in [-0.39, 0.29) is 5.56 Å². The Morgan fingerprint density at radius 2 is 1.95 bits per heavy atom. The second-order valence-electron chi connectivity index (χ2n) is 4.68. The molecule has 0 aliphatic heterocycles. The van der Waals surface area contributed by atoms with Crippen LogP contribution in [-0.2, 0) is 0 Å². The highest BCUT2D eigenvalue weighted by Gasteiger charge is 2.07. The Bertz CT molecular complexity index is 639. The van der Waals surface area contributed by atoms with Crippen molar-refractivity contribution in [1.82, 2.24) is 0 Å². The van der Waals surface area contributed by atoms with Gasteiger partial charge in [0.15, 0.2) is 0 Å². The maximum Gasteiger partial charge on any atom is 0.335 e. The molecule has 2 rings (SSSR count). The summed E-state index contributed by atoms with van der Waals surface area (Å²) in [6, 6.07) is 12.4. The third-order valence-corrected chi connectivity index (χ3v) is 2.94. The fraction of sp³-hybridized carbons (Fsp3) is 0.133. The van der Waals surface area contributed by atoms with Crippen LogP contribution in [0.4, 0.5) is 22.7 Å². The third-order valence-electron chi connectivity index (χ3n) is 2.94. The van der Waals surface area contributed by atoms with Gasteiger partial charge in [0.25, 0.3) is 0 Å². The van der Waals surface area contributed by atoms with Crippen molar-refractivity contribution in [3.05, 3.63) is 48.0 Å². The average Bonchev–Trinajstić information content (AvgIpc) is 2.41. The first-order valence-corrected chi connectivity index (χ1v) is 6.14. The van der Waals surface area contributed by atoms with E-state index in [1.165, 1.54) is 12.1 Å². The van der Waals surface area contributed by atoms with Crippen LogP contribution >= 0.6 is 0 Å². The van der Waals surface area contributed by atoms with Gasteiger partial charge >= 0.3 is 5.97 Å². The lowest BCUT2D eigenvalue weighted by Gasteiger charge is -2.15. The molecule has 0 heterocycles. The van der Waals surface area contributed by atoms with Crippen LogP contribution in [0.2, 0.25) is 0 Å². The van der Waals surface area contributed by atoms with Crippen molar-refractivity contribution in [2.75, 3.05) is 30.0 Å². The van der Waals surface area contributed by atoms with E-state index in [0.717, 1.165) is 11.4 Å². The zero-order valence-corrected chi connectivity index (χ0v) is 11.4. The smallest absolute Gasteiger partial charge is 0.335 e. The predicted octanol–water partition coefficient (Wildman–Crippen LogP) is 2.78. The summed E-state index contributed by atoms with van der Waals surface area (Å²) in [5.41, 5.74) is 9.05. The van der Waals surface area contributed by atoms with Gasteiger partial charge in [-0.05, 0) is 36.4 Å². The van der Waals surface area contributed by atoms with Gasteiger partial charge in [-0.1, -0.05) is 6.07 Å². The first-order chi connectivity index (χ1) is 9.47. The summed E-state index contributed by atoms with van der Waals surface area (Å²) in [6.45, 7) is 0. The predicted molar refractivity (Wildman–Crippen MR) is 81.9 cm³/mol. The van der Waals surface area contributed by atoms with Crippen molar-refractivity contribution in [1.29, 1.82) is 0 Å². The molecule has 0 amide bonds. The van der Waals surface area contributed by atoms with Gasteiger partial charge in [-0.15, -0.1) is 0 Å². The Balaban J connectivity index is 2.32. The highest BCUT2D eigenvalue weighted by atomic mass is 16.4. The minimum Gasteiger partial charge on any atom is -0.478 e. The molecule has 0 saturated heterocycles. The Kier molecular flexibility index (Phi) is 3.79. The molecule has 2 aromatic rings. The number of nitrogens with zero attached hydrogens (tertiary/aromatic N) is 1. The van der Waals surface area contributed by atoms with Crippen molar-refractivity contribution in [3.63, 3.8) is 0 Å². The molecular formula is C15H17N3O2. The second kappa shape index (κ2) is 5.52. The summed E-state index contributed by atoms with van der Waals surface area (Å²) in [6.07, 6.45) is 0.